The van der Waals surface area contributed by atoms with Crippen molar-refractivity contribution in [3.05, 3.63) is 67.3 Å². The Morgan fingerprint density at radius 2 is 1.85 bits per heavy atom. The van der Waals surface area contributed by atoms with E-state index in [-0.39, 0.29) is 0 Å². The van der Waals surface area contributed by atoms with E-state index in [1.807, 2.05) is 36.1 Å². The topological polar surface area (TPSA) is 113 Å². The van der Waals surface area contributed by atoms with Gasteiger partial charge < -0.3 is 14.9 Å². The highest BCUT2D eigenvalue weighted by atomic mass is 15.1. The van der Waals surface area contributed by atoms with Crippen LogP contribution in [0.2, 0.25) is 0 Å². The third-order valence-corrected chi connectivity index (χ3v) is 5.68. The summed E-state index contributed by atoms with van der Waals surface area (Å²) in [6, 6.07) is 8.67. The Bertz CT molecular complexity index is 1640. The molecule has 6 rings (SSSR count). The van der Waals surface area contributed by atoms with Crippen LogP contribution >= 0.6 is 0 Å². The quantitative estimate of drug-likeness (QED) is 0.346. The Hall–Kier alpha value is -4.53. The predicted molar refractivity (Wildman–Crippen MR) is 133 cm³/mol. The minimum absolute atomic E-state index is 0.332. The molecular weight excluding hydrogens is 426 g/mol. The fraction of sp³-hybridized carbons (Fsp3) is 0.160. The summed E-state index contributed by atoms with van der Waals surface area (Å²) in [5.41, 5.74) is 8.22. The Labute approximate surface area is 195 Å². The molecule has 0 fully saturated rings. The smallest absolute Gasteiger partial charge is 0.159 e. The lowest BCUT2D eigenvalue weighted by Gasteiger charge is -2.11. The molecule has 9 nitrogen and oxygen atoms in total. The zero-order chi connectivity index (χ0) is 23.2. The number of nitrogens with zero attached hydrogens (tertiary/aromatic N) is 6. The fourth-order valence-electron chi connectivity index (χ4n) is 4.16. The summed E-state index contributed by atoms with van der Waals surface area (Å²) >= 11 is 0. The van der Waals surface area contributed by atoms with E-state index in [0.717, 1.165) is 55.8 Å². The van der Waals surface area contributed by atoms with Gasteiger partial charge in [0.15, 0.2) is 5.82 Å². The second-order valence-corrected chi connectivity index (χ2v) is 8.66. The van der Waals surface area contributed by atoms with Gasteiger partial charge in [0.05, 0.1) is 46.8 Å². The van der Waals surface area contributed by atoms with Crippen LogP contribution in [0.5, 0.6) is 0 Å². The zero-order valence-corrected chi connectivity index (χ0v) is 19.0. The number of imidazole rings is 2. The predicted octanol–water partition coefficient (Wildman–Crippen LogP) is 4.88. The first-order valence-corrected chi connectivity index (χ1v) is 11.1. The minimum atomic E-state index is 0.332. The van der Waals surface area contributed by atoms with Gasteiger partial charge >= 0.3 is 0 Å². The van der Waals surface area contributed by atoms with Gasteiger partial charge in [-0.1, -0.05) is 6.07 Å². The maximum absolute atomic E-state index is 4.89. The van der Waals surface area contributed by atoms with Crippen molar-refractivity contribution in [2.24, 2.45) is 0 Å². The van der Waals surface area contributed by atoms with Gasteiger partial charge in [0.2, 0.25) is 0 Å². The summed E-state index contributed by atoms with van der Waals surface area (Å²) in [5, 5.41) is 12.1. The van der Waals surface area contributed by atoms with Crippen molar-refractivity contribution in [3.8, 4) is 28.3 Å². The molecule has 0 spiro atoms. The molecule has 34 heavy (non-hydrogen) atoms. The number of pyridine rings is 2. The lowest BCUT2D eigenvalue weighted by Crippen LogP contribution is -2.09. The number of aryl methyl sites for hydroxylation is 1. The number of hydrogen-bond donors (Lipinski definition) is 3. The molecule has 0 amide bonds. The van der Waals surface area contributed by atoms with Crippen LogP contribution in [0.25, 0.3) is 50.3 Å². The molecular formula is C25H23N9. The number of aromatic nitrogens is 8. The highest BCUT2D eigenvalue weighted by Gasteiger charge is 2.16. The van der Waals surface area contributed by atoms with Crippen molar-refractivity contribution >= 4 is 27.6 Å². The monoisotopic (exact) mass is 449 g/mol. The van der Waals surface area contributed by atoms with Gasteiger partial charge in [-0.3, -0.25) is 15.1 Å². The van der Waals surface area contributed by atoms with Crippen LogP contribution in [0.4, 0.5) is 5.69 Å². The lowest BCUT2D eigenvalue weighted by molar-refractivity contribution is 0.898. The highest BCUT2D eigenvalue weighted by molar-refractivity contribution is 5.96. The number of anilines is 1. The standard InChI is InChI=1S/C25H23N9/c1-14(2)29-18-6-17(8-26-9-18)16-4-5-20-19(7-16)23(33-32-20)25-30-21-10-27-11-22(24(21)31-25)34-12-15(3)28-13-34/h4-14,29H,1-3H3,(H,30,31)(H,32,33). The molecule has 5 aromatic heterocycles. The summed E-state index contributed by atoms with van der Waals surface area (Å²) in [6.45, 7) is 6.18. The Morgan fingerprint density at radius 3 is 2.68 bits per heavy atom. The summed E-state index contributed by atoms with van der Waals surface area (Å²) in [7, 11) is 0. The zero-order valence-electron chi connectivity index (χ0n) is 19.0. The maximum atomic E-state index is 4.89. The molecule has 6 aromatic rings. The summed E-state index contributed by atoms with van der Waals surface area (Å²) in [4.78, 5) is 21.4. The number of rotatable bonds is 5. The SMILES string of the molecule is Cc1cn(-c2cncc3[nH]c(-c4n[nH]c5ccc(-c6cncc(NC(C)C)c6)cc45)nc23)cn1. The third kappa shape index (κ3) is 3.47. The van der Waals surface area contributed by atoms with E-state index in [0.29, 0.717) is 11.9 Å². The lowest BCUT2D eigenvalue weighted by atomic mass is 10.0. The minimum Gasteiger partial charge on any atom is -0.382 e. The van der Waals surface area contributed by atoms with Crippen LogP contribution in [0.1, 0.15) is 19.5 Å². The van der Waals surface area contributed by atoms with E-state index in [9.17, 15) is 0 Å². The average molecular weight is 450 g/mol. The largest absolute Gasteiger partial charge is 0.382 e. The van der Waals surface area contributed by atoms with Gasteiger partial charge in [-0.25, -0.2) is 9.97 Å². The van der Waals surface area contributed by atoms with Gasteiger partial charge in [-0.15, -0.1) is 0 Å². The summed E-state index contributed by atoms with van der Waals surface area (Å²) in [6.07, 6.45) is 11.0. The number of aromatic amines is 2. The van der Waals surface area contributed by atoms with Crippen molar-refractivity contribution < 1.29 is 0 Å². The molecule has 3 N–H and O–H groups in total. The molecule has 0 atom stereocenters. The van der Waals surface area contributed by atoms with Crippen molar-refractivity contribution in [2.75, 3.05) is 5.32 Å². The molecule has 0 aliphatic rings. The first-order valence-electron chi connectivity index (χ1n) is 11.1. The molecule has 1 aromatic carbocycles. The average Bonchev–Trinajstić information content (AvgIpc) is 3.55. The number of hydrogen-bond acceptors (Lipinski definition) is 6. The van der Waals surface area contributed by atoms with Crippen LogP contribution < -0.4 is 5.32 Å². The number of fused-ring (bicyclic) bond motifs is 2. The van der Waals surface area contributed by atoms with Gasteiger partial charge in [0.25, 0.3) is 0 Å². The molecule has 0 radical (unpaired) electrons. The van der Waals surface area contributed by atoms with Crippen molar-refractivity contribution in [1.29, 1.82) is 0 Å². The third-order valence-electron chi connectivity index (χ3n) is 5.68. The molecule has 0 aliphatic heterocycles. The normalized spacial score (nSPS) is 11.6. The van der Waals surface area contributed by atoms with Crippen LogP contribution in [-0.2, 0) is 0 Å². The molecule has 0 bridgehead atoms. The van der Waals surface area contributed by atoms with Gasteiger partial charge in [-0.2, -0.15) is 5.10 Å². The molecule has 0 unspecified atom stereocenters. The Balaban J connectivity index is 1.45. The molecule has 5 heterocycles. The van der Waals surface area contributed by atoms with E-state index in [2.05, 4.69) is 67.5 Å². The molecule has 0 saturated heterocycles. The first-order chi connectivity index (χ1) is 16.5. The van der Waals surface area contributed by atoms with E-state index in [4.69, 9.17) is 4.98 Å². The van der Waals surface area contributed by atoms with Crippen LogP contribution in [-0.4, -0.2) is 45.7 Å². The molecule has 0 saturated carbocycles. The van der Waals surface area contributed by atoms with E-state index >= 15 is 0 Å². The van der Waals surface area contributed by atoms with Gasteiger partial charge in [-0.05, 0) is 44.5 Å². The van der Waals surface area contributed by atoms with Crippen molar-refractivity contribution in [3.63, 3.8) is 0 Å². The first kappa shape index (κ1) is 20.1. The fourth-order valence-corrected chi connectivity index (χ4v) is 4.16. The van der Waals surface area contributed by atoms with Crippen molar-refractivity contribution in [2.45, 2.75) is 26.8 Å². The molecule has 9 heteroatoms. The Morgan fingerprint density at radius 1 is 0.971 bits per heavy atom. The summed E-state index contributed by atoms with van der Waals surface area (Å²) in [5.74, 6) is 0.679. The second kappa shape index (κ2) is 7.80. The van der Waals surface area contributed by atoms with E-state index in [1.165, 1.54) is 0 Å². The van der Waals surface area contributed by atoms with E-state index in [1.54, 1.807) is 18.7 Å². The maximum Gasteiger partial charge on any atom is 0.159 e. The highest BCUT2D eigenvalue weighted by Crippen LogP contribution is 2.31. The molecule has 168 valence electrons. The number of benzene rings is 1. The Kier molecular flexibility index (Phi) is 4.61. The van der Waals surface area contributed by atoms with E-state index < -0.39 is 0 Å². The summed E-state index contributed by atoms with van der Waals surface area (Å²) < 4.78 is 1.93. The molecule has 0 aliphatic carbocycles. The second-order valence-electron chi connectivity index (χ2n) is 8.66. The number of H-pyrrole nitrogens is 2. The van der Waals surface area contributed by atoms with Gasteiger partial charge in [0.1, 0.15) is 11.2 Å². The number of nitrogens with one attached hydrogen (secondary N) is 3. The van der Waals surface area contributed by atoms with Crippen LogP contribution in [0, 0.1) is 6.92 Å². The van der Waals surface area contributed by atoms with Crippen LogP contribution in [0.3, 0.4) is 0 Å². The van der Waals surface area contributed by atoms with Crippen molar-refractivity contribution in [1.82, 2.24) is 39.7 Å². The van der Waals surface area contributed by atoms with Crippen LogP contribution in [0.15, 0.2) is 61.6 Å². The van der Waals surface area contributed by atoms with Gasteiger partial charge in [0, 0.05) is 35.6 Å².